The second-order valence-corrected chi connectivity index (χ2v) is 4.95. The number of ether oxygens (including phenoxy) is 1. The summed E-state index contributed by atoms with van der Waals surface area (Å²) in [6.07, 6.45) is 5.50. The largest absolute Gasteiger partial charge is 0.383 e. The van der Waals surface area contributed by atoms with Gasteiger partial charge in [-0.2, -0.15) is 0 Å². The van der Waals surface area contributed by atoms with E-state index in [4.69, 9.17) is 4.74 Å². The molecule has 0 saturated carbocycles. The Morgan fingerprint density at radius 2 is 2.19 bits per heavy atom. The van der Waals surface area contributed by atoms with Crippen molar-refractivity contribution in [1.29, 1.82) is 0 Å². The molecule has 3 heteroatoms. The highest BCUT2D eigenvalue weighted by Crippen LogP contribution is 2.20. The van der Waals surface area contributed by atoms with E-state index in [2.05, 4.69) is 17.1 Å². The number of likely N-dealkylation sites (tertiary alicyclic amines) is 1. The molecule has 0 radical (unpaired) electrons. The molecule has 0 bridgehead atoms. The molecule has 16 heavy (non-hydrogen) atoms. The van der Waals surface area contributed by atoms with Gasteiger partial charge in [0.05, 0.1) is 6.61 Å². The van der Waals surface area contributed by atoms with Crippen LogP contribution >= 0.6 is 0 Å². The quantitative estimate of drug-likeness (QED) is 0.749. The predicted octanol–water partition coefficient (Wildman–Crippen LogP) is 1.73. The first kappa shape index (κ1) is 13.9. The molecule has 3 nitrogen and oxygen atoms in total. The first-order valence-corrected chi connectivity index (χ1v) is 6.68. The number of nitrogens with zero attached hydrogens (tertiary/aromatic N) is 1. The average molecular weight is 228 g/mol. The van der Waals surface area contributed by atoms with Gasteiger partial charge in [-0.15, -0.1) is 0 Å². The number of likely N-dealkylation sites (N-methyl/N-ethyl adjacent to an activating group) is 1. The fourth-order valence-electron chi connectivity index (χ4n) is 2.56. The molecule has 0 aromatic heterocycles. The molecule has 1 aliphatic rings. The summed E-state index contributed by atoms with van der Waals surface area (Å²) in [5, 5.41) is 3.33. The molecule has 1 heterocycles. The van der Waals surface area contributed by atoms with Crippen LogP contribution in [0.15, 0.2) is 0 Å². The second-order valence-electron chi connectivity index (χ2n) is 4.95. The van der Waals surface area contributed by atoms with Crippen LogP contribution in [0.1, 0.15) is 32.6 Å². The van der Waals surface area contributed by atoms with Crippen LogP contribution in [-0.2, 0) is 4.74 Å². The molecule has 1 aliphatic heterocycles. The third-order valence-electron chi connectivity index (χ3n) is 3.77. The van der Waals surface area contributed by atoms with Crippen molar-refractivity contribution in [3.63, 3.8) is 0 Å². The Balaban J connectivity index is 2.30. The molecular weight excluding hydrogens is 200 g/mol. The lowest BCUT2D eigenvalue weighted by Gasteiger charge is -2.25. The number of methoxy groups -OCH3 is 1. The smallest absolute Gasteiger partial charge is 0.0628 e. The molecule has 96 valence electrons. The summed E-state index contributed by atoms with van der Waals surface area (Å²) < 4.78 is 5.22. The summed E-state index contributed by atoms with van der Waals surface area (Å²) in [6, 6.07) is 0.475. The maximum atomic E-state index is 5.22. The number of rotatable bonds is 6. The van der Waals surface area contributed by atoms with Crippen LogP contribution in [0.3, 0.4) is 0 Å². The number of hydrogen-bond donors (Lipinski definition) is 1. The normalized spacial score (nSPS) is 25.3. The van der Waals surface area contributed by atoms with E-state index in [1.807, 2.05) is 7.05 Å². The standard InChI is InChI=1S/C13H28N2O/c1-4-12-6-5-8-15(9-7-12)10-13(14-2)11-16-3/h12-14H,4-11H2,1-3H3. The van der Waals surface area contributed by atoms with E-state index in [0.717, 1.165) is 19.1 Å². The van der Waals surface area contributed by atoms with E-state index >= 15 is 0 Å². The Labute approximate surface area is 101 Å². The van der Waals surface area contributed by atoms with Gasteiger partial charge in [-0.3, -0.25) is 0 Å². The van der Waals surface area contributed by atoms with Crippen molar-refractivity contribution in [2.75, 3.05) is 40.4 Å². The summed E-state index contributed by atoms with van der Waals surface area (Å²) in [6.45, 7) is 6.78. The molecule has 0 amide bonds. The van der Waals surface area contributed by atoms with Crippen molar-refractivity contribution >= 4 is 0 Å². The van der Waals surface area contributed by atoms with E-state index in [0.29, 0.717) is 6.04 Å². The Kier molecular flexibility index (Phi) is 7.01. The molecule has 0 spiro atoms. The molecule has 2 unspecified atom stereocenters. The summed E-state index contributed by atoms with van der Waals surface area (Å²) in [4.78, 5) is 2.59. The number of nitrogens with one attached hydrogen (secondary N) is 1. The zero-order valence-electron chi connectivity index (χ0n) is 11.2. The SMILES string of the molecule is CCC1CCCN(CC(COC)NC)CC1. The van der Waals surface area contributed by atoms with Crippen LogP contribution in [0.5, 0.6) is 0 Å². The predicted molar refractivity (Wildman–Crippen MR) is 68.8 cm³/mol. The maximum absolute atomic E-state index is 5.22. The molecule has 1 rings (SSSR count). The van der Waals surface area contributed by atoms with E-state index in [-0.39, 0.29) is 0 Å². The van der Waals surface area contributed by atoms with Crippen molar-refractivity contribution in [2.24, 2.45) is 5.92 Å². The first-order chi connectivity index (χ1) is 7.80. The highest BCUT2D eigenvalue weighted by atomic mass is 16.5. The number of hydrogen-bond acceptors (Lipinski definition) is 3. The summed E-state index contributed by atoms with van der Waals surface area (Å²) >= 11 is 0. The molecule has 1 N–H and O–H groups in total. The fraction of sp³-hybridized carbons (Fsp3) is 1.00. The van der Waals surface area contributed by atoms with Crippen molar-refractivity contribution < 1.29 is 4.74 Å². The lowest BCUT2D eigenvalue weighted by Crippen LogP contribution is -2.42. The van der Waals surface area contributed by atoms with Gasteiger partial charge in [0.15, 0.2) is 0 Å². The van der Waals surface area contributed by atoms with Gasteiger partial charge < -0.3 is 15.0 Å². The first-order valence-electron chi connectivity index (χ1n) is 6.68. The Hall–Kier alpha value is -0.120. The molecule has 2 atom stereocenters. The highest BCUT2D eigenvalue weighted by molar-refractivity contribution is 4.74. The van der Waals surface area contributed by atoms with E-state index in [1.165, 1.54) is 38.8 Å². The van der Waals surface area contributed by atoms with Gasteiger partial charge in [0.2, 0.25) is 0 Å². The minimum atomic E-state index is 0.475. The lowest BCUT2D eigenvalue weighted by molar-refractivity contribution is 0.142. The summed E-state index contributed by atoms with van der Waals surface area (Å²) in [5.41, 5.74) is 0. The van der Waals surface area contributed by atoms with Gasteiger partial charge in [-0.05, 0) is 45.3 Å². The Morgan fingerprint density at radius 3 is 2.81 bits per heavy atom. The van der Waals surface area contributed by atoms with Crippen LogP contribution in [-0.4, -0.2) is 51.3 Å². The van der Waals surface area contributed by atoms with Gasteiger partial charge >= 0.3 is 0 Å². The molecule has 0 aliphatic carbocycles. The molecular formula is C13H28N2O. The minimum Gasteiger partial charge on any atom is -0.383 e. The van der Waals surface area contributed by atoms with Gasteiger partial charge in [-0.25, -0.2) is 0 Å². The van der Waals surface area contributed by atoms with Crippen LogP contribution in [0, 0.1) is 5.92 Å². The van der Waals surface area contributed by atoms with Crippen LogP contribution in [0.4, 0.5) is 0 Å². The topological polar surface area (TPSA) is 24.5 Å². The van der Waals surface area contributed by atoms with Gasteiger partial charge in [0, 0.05) is 19.7 Å². The van der Waals surface area contributed by atoms with E-state index < -0.39 is 0 Å². The van der Waals surface area contributed by atoms with Gasteiger partial charge in [-0.1, -0.05) is 13.3 Å². The molecule has 1 fully saturated rings. The lowest BCUT2D eigenvalue weighted by atomic mass is 9.98. The van der Waals surface area contributed by atoms with Crippen molar-refractivity contribution in [2.45, 2.75) is 38.6 Å². The van der Waals surface area contributed by atoms with Crippen LogP contribution < -0.4 is 5.32 Å². The average Bonchev–Trinajstić information content (AvgIpc) is 2.53. The minimum absolute atomic E-state index is 0.475. The molecule has 1 saturated heterocycles. The van der Waals surface area contributed by atoms with E-state index in [9.17, 15) is 0 Å². The Bertz CT molecular complexity index is 175. The summed E-state index contributed by atoms with van der Waals surface area (Å²) in [7, 11) is 3.80. The second kappa shape index (κ2) is 8.04. The highest BCUT2D eigenvalue weighted by Gasteiger charge is 2.18. The van der Waals surface area contributed by atoms with Crippen molar-refractivity contribution in [3.05, 3.63) is 0 Å². The zero-order valence-corrected chi connectivity index (χ0v) is 11.2. The van der Waals surface area contributed by atoms with E-state index in [1.54, 1.807) is 7.11 Å². The van der Waals surface area contributed by atoms with Crippen LogP contribution in [0.2, 0.25) is 0 Å². The van der Waals surface area contributed by atoms with Crippen molar-refractivity contribution in [3.8, 4) is 0 Å². The van der Waals surface area contributed by atoms with Gasteiger partial charge in [0.1, 0.15) is 0 Å². The third kappa shape index (κ3) is 4.81. The molecule has 0 aromatic rings. The fourth-order valence-corrected chi connectivity index (χ4v) is 2.56. The molecule has 0 aromatic carbocycles. The van der Waals surface area contributed by atoms with Gasteiger partial charge in [0.25, 0.3) is 0 Å². The van der Waals surface area contributed by atoms with Crippen LogP contribution in [0.25, 0.3) is 0 Å². The van der Waals surface area contributed by atoms with Crippen molar-refractivity contribution in [1.82, 2.24) is 10.2 Å². The third-order valence-corrected chi connectivity index (χ3v) is 3.77. The monoisotopic (exact) mass is 228 g/mol. The summed E-state index contributed by atoms with van der Waals surface area (Å²) in [5.74, 6) is 0.959. The Morgan fingerprint density at radius 1 is 1.38 bits per heavy atom. The maximum Gasteiger partial charge on any atom is 0.0628 e. The zero-order chi connectivity index (χ0) is 11.8.